The Labute approximate surface area is 108 Å². The zero-order valence-electron chi connectivity index (χ0n) is 9.67. The zero-order valence-corrected chi connectivity index (χ0v) is 12.1. The van der Waals surface area contributed by atoms with Gasteiger partial charge in [0.1, 0.15) is 0 Å². The van der Waals surface area contributed by atoms with Crippen LogP contribution in [0.15, 0.2) is 9.85 Å². The minimum absolute atomic E-state index is 0.0358. The predicted octanol–water partition coefficient (Wildman–Crippen LogP) is 2.97. The van der Waals surface area contributed by atoms with Crippen LogP contribution in [0.25, 0.3) is 0 Å². The fourth-order valence-corrected chi connectivity index (χ4v) is 2.64. The standard InChI is InChI=1S/C11H16BrNO2S/c1-4-15-6-8(3)13-11(14)9-5-7(2)10(12)16-9/h5,8H,4,6H2,1-3H3,(H,13,14). The molecule has 1 heterocycles. The Morgan fingerprint density at radius 1 is 1.69 bits per heavy atom. The van der Waals surface area contributed by atoms with E-state index < -0.39 is 0 Å². The normalized spacial score (nSPS) is 12.5. The van der Waals surface area contributed by atoms with Crippen LogP contribution < -0.4 is 5.32 Å². The van der Waals surface area contributed by atoms with Crippen LogP contribution in [-0.2, 0) is 4.74 Å². The van der Waals surface area contributed by atoms with Crippen molar-refractivity contribution in [2.24, 2.45) is 0 Å². The van der Waals surface area contributed by atoms with Gasteiger partial charge in [-0.1, -0.05) is 0 Å². The summed E-state index contributed by atoms with van der Waals surface area (Å²) < 4.78 is 6.25. The lowest BCUT2D eigenvalue weighted by Crippen LogP contribution is -2.35. The fourth-order valence-electron chi connectivity index (χ4n) is 1.20. The Bertz CT molecular complexity index is 345. The van der Waals surface area contributed by atoms with E-state index in [9.17, 15) is 4.79 Å². The van der Waals surface area contributed by atoms with Gasteiger partial charge in [-0.15, -0.1) is 11.3 Å². The van der Waals surface area contributed by atoms with E-state index in [1.165, 1.54) is 11.3 Å². The molecule has 5 heteroatoms. The maximum absolute atomic E-state index is 11.8. The average Bonchev–Trinajstić information content (AvgIpc) is 2.56. The molecule has 0 saturated carbocycles. The van der Waals surface area contributed by atoms with Gasteiger partial charge in [0, 0.05) is 12.6 Å². The third-order valence-corrected chi connectivity index (χ3v) is 4.17. The molecule has 0 bridgehead atoms. The molecule has 0 aliphatic carbocycles. The molecule has 1 amide bonds. The van der Waals surface area contributed by atoms with Crippen LogP contribution in [0, 0.1) is 6.92 Å². The molecule has 1 aromatic heterocycles. The molecular weight excluding hydrogens is 290 g/mol. The second-order valence-electron chi connectivity index (χ2n) is 3.60. The molecule has 0 fully saturated rings. The number of carbonyl (C=O) groups excluding carboxylic acids is 1. The summed E-state index contributed by atoms with van der Waals surface area (Å²) in [4.78, 5) is 12.5. The van der Waals surface area contributed by atoms with Gasteiger partial charge in [0.25, 0.3) is 5.91 Å². The van der Waals surface area contributed by atoms with Crippen LogP contribution in [0.4, 0.5) is 0 Å². The van der Waals surface area contributed by atoms with E-state index in [1.807, 2.05) is 26.8 Å². The highest BCUT2D eigenvalue weighted by molar-refractivity contribution is 9.11. The summed E-state index contributed by atoms with van der Waals surface area (Å²) in [6, 6.07) is 1.92. The summed E-state index contributed by atoms with van der Waals surface area (Å²) in [5.41, 5.74) is 1.09. The molecule has 0 saturated heterocycles. The topological polar surface area (TPSA) is 38.3 Å². The van der Waals surface area contributed by atoms with Crippen molar-refractivity contribution in [3.8, 4) is 0 Å². The maximum Gasteiger partial charge on any atom is 0.261 e. The lowest BCUT2D eigenvalue weighted by atomic mass is 10.3. The second kappa shape index (κ2) is 6.37. The highest BCUT2D eigenvalue weighted by atomic mass is 79.9. The van der Waals surface area contributed by atoms with E-state index in [1.54, 1.807) is 0 Å². The molecule has 1 aromatic rings. The summed E-state index contributed by atoms with van der Waals surface area (Å²) >= 11 is 4.86. The van der Waals surface area contributed by atoms with Crippen molar-refractivity contribution in [2.75, 3.05) is 13.2 Å². The SMILES string of the molecule is CCOCC(C)NC(=O)c1cc(C)c(Br)s1. The first kappa shape index (κ1) is 13.7. The minimum Gasteiger partial charge on any atom is -0.380 e. The number of ether oxygens (including phenoxy) is 1. The Morgan fingerprint density at radius 3 is 2.88 bits per heavy atom. The highest BCUT2D eigenvalue weighted by Gasteiger charge is 2.13. The monoisotopic (exact) mass is 305 g/mol. The summed E-state index contributed by atoms with van der Waals surface area (Å²) in [7, 11) is 0. The van der Waals surface area contributed by atoms with Crippen LogP contribution in [-0.4, -0.2) is 25.2 Å². The Balaban J connectivity index is 2.52. The lowest BCUT2D eigenvalue weighted by Gasteiger charge is -2.12. The predicted molar refractivity (Wildman–Crippen MR) is 70.2 cm³/mol. The van der Waals surface area contributed by atoms with Crippen molar-refractivity contribution in [1.82, 2.24) is 5.32 Å². The van der Waals surface area contributed by atoms with E-state index in [2.05, 4.69) is 21.2 Å². The molecule has 3 nitrogen and oxygen atoms in total. The number of amides is 1. The molecule has 0 aliphatic rings. The number of nitrogens with one attached hydrogen (secondary N) is 1. The van der Waals surface area contributed by atoms with Crippen molar-refractivity contribution in [2.45, 2.75) is 26.8 Å². The van der Waals surface area contributed by atoms with Gasteiger partial charge in [-0.05, 0) is 48.3 Å². The Kier molecular flexibility index (Phi) is 5.44. The molecule has 1 unspecified atom stereocenters. The minimum atomic E-state index is -0.0361. The number of thiophene rings is 1. The summed E-state index contributed by atoms with van der Waals surface area (Å²) in [6.45, 7) is 7.07. The van der Waals surface area contributed by atoms with E-state index in [4.69, 9.17) is 4.74 Å². The number of carbonyl (C=O) groups is 1. The summed E-state index contributed by atoms with van der Waals surface area (Å²) in [5, 5.41) is 2.90. The van der Waals surface area contributed by atoms with Crippen LogP contribution in [0.5, 0.6) is 0 Å². The van der Waals surface area contributed by atoms with Gasteiger partial charge in [-0.25, -0.2) is 0 Å². The lowest BCUT2D eigenvalue weighted by molar-refractivity contribution is 0.0875. The van der Waals surface area contributed by atoms with Crippen LogP contribution >= 0.6 is 27.3 Å². The number of rotatable bonds is 5. The highest BCUT2D eigenvalue weighted by Crippen LogP contribution is 2.27. The summed E-state index contributed by atoms with van der Waals surface area (Å²) in [6.07, 6.45) is 0. The number of hydrogen-bond acceptors (Lipinski definition) is 3. The smallest absolute Gasteiger partial charge is 0.261 e. The van der Waals surface area contributed by atoms with E-state index in [-0.39, 0.29) is 11.9 Å². The van der Waals surface area contributed by atoms with Crippen molar-refractivity contribution in [3.05, 3.63) is 20.3 Å². The maximum atomic E-state index is 11.8. The molecule has 16 heavy (non-hydrogen) atoms. The quantitative estimate of drug-likeness (QED) is 0.908. The molecular formula is C11H16BrNO2S. The van der Waals surface area contributed by atoms with E-state index in [0.29, 0.717) is 13.2 Å². The first-order chi connectivity index (χ1) is 7.54. The molecule has 1 N–H and O–H groups in total. The molecule has 0 aromatic carbocycles. The Hall–Kier alpha value is -0.390. The molecule has 1 rings (SSSR count). The molecule has 1 atom stereocenters. The van der Waals surface area contributed by atoms with Crippen LogP contribution in [0.1, 0.15) is 29.1 Å². The van der Waals surface area contributed by atoms with Gasteiger partial charge in [0.15, 0.2) is 0 Å². The first-order valence-electron chi connectivity index (χ1n) is 5.19. The van der Waals surface area contributed by atoms with E-state index >= 15 is 0 Å². The van der Waals surface area contributed by atoms with Gasteiger partial charge >= 0.3 is 0 Å². The second-order valence-corrected chi connectivity index (χ2v) is 5.97. The largest absolute Gasteiger partial charge is 0.380 e. The number of hydrogen-bond donors (Lipinski definition) is 1. The van der Waals surface area contributed by atoms with Crippen molar-refractivity contribution >= 4 is 33.2 Å². The van der Waals surface area contributed by atoms with Gasteiger partial charge in [0.2, 0.25) is 0 Å². The summed E-state index contributed by atoms with van der Waals surface area (Å²) in [5.74, 6) is -0.0361. The van der Waals surface area contributed by atoms with Gasteiger partial charge in [0.05, 0.1) is 15.3 Å². The third kappa shape index (κ3) is 3.88. The van der Waals surface area contributed by atoms with Crippen LogP contribution in [0.3, 0.4) is 0 Å². The van der Waals surface area contributed by atoms with Gasteiger partial charge in [-0.2, -0.15) is 0 Å². The van der Waals surface area contributed by atoms with Crippen LogP contribution in [0.2, 0.25) is 0 Å². The number of halogens is 1. The number of aryl methyl sites for hydroxylation is 1. The first-order valence-corrected chi connectivity index (χ1v) is 6.80. The molecule has 0 aliphatic heterocycles. The van der Waals surface area contributed by atoms with Gasteiger partial charge < -0.3 is 10.1 Å². The van der Waals surface area contributed by atoms with Crippen molar-refractivity contribution < 1.29 is 9.53 Å². The van der Waals surface area contributed by atoms with Crippen molar-refractivity contribution in [3.63, 3.8) is 0 Å². The Morgan fingerprint density at radius 2 is 2.38 bits per heavy atom. The molecule has 90 valence electrons. The zero-order chi connectivity index (χ0) is 12.1. The average molecular weight is 306 g/mol. The third-order valence-electron chi connectivity index (χ3n) is 2.03. The fraction of sp³-hybridized carbons (Fsp3) is 0.545. The van der Waals surface area contributed by atoms with Crippen molar-refractivity contribution in [1.29, 1.82) is 0 Å². The molecule has 0 radical (unpaired) electrons. The van der Waals surface area contributed by atoms with Gasteiger partial charge in [-0.3, -0.25) is 4.79 Å². The molecule has 0 spiro atoms. The van der Waals surface area contributed by atoms with E-state index in [0.717, 1.165) is 14.2 Å².